The molecule has 0 aliphatic carbocycles. The molecular weight excluding hydrogens is 264 g/mol. The fourth-order valence-corrected chi connectivity index (χ4v) is 2.85. The van der Waals surface area contributed by atoms with Gasteiger partial charge in [-0.05, 0) is 55.6 Å². The van der Waals surface area contributed by atoms with Crippen LogP contribution in [0.25, 0.3) is 0 Å². The van der Waals surface area contributed by atoms with E-state index in [4.69, 9.17) is 4.43 Å². The summed E-state index contributed by atoms with van der Waals surface area (Å²) in [7, 11) is -1.87. The lowest BCUT2D eigenvalue weighted by Crippen LogP contribution is -2.44. The topological polar surface area (TPSA) is 29.5 Å². The Kier molecular flexibility index (Phi) is 4.75. The first-order valence-corrected chi connectivity index (χ1v) is 10.0. The van der Waals surface area contributed by atoms with Gasteiger partial charge in [0.2, 0.25) is 8.32 Å². The maximum absolute atomic E-state index is 10.2. The second kappa shape index (κ2) is 5.64. The average molecular weight is 292 g/mol. The lowest BCUT2D eigenvalue weighted by Gasteiger charge is -2.37. The standard InChI is InChI=1S/C17H28O2Si/c1-9-10-14-11-15(12(2)13(3)16(14)18)19-20(7,8)17(4,5)6/h9,11,18H,1,10H2,2-8H3. The van der Waals surface area contributed by atoms with Gasteiger partial charge in [-0.1, -0.05) is 26.8 Å². The smallest absolute Gasteiger partial charge is 0.250 e. The van der Waals surface area contributed by atoms with Gasteiger partial charge in [0.15, 0.2) is 0 Å². The number of phenolic OH excluding ortho intramolecular Hbond substituents is 1. The summed E-state index contributed by atoms with van der Waals surface area (Å²) in [6.45, 7) is 18.9. The first-order valence-electron chi connectivity index (χ1n) is 7.13. The van der Waals surface area contributed by atoms with Gasteiger partial charge in [0, 0.05) is 5.56 Å². The van der Waals surface area contributed by atoms with Crippen molar-refractivity contribution in [3.63, 3.8) is 0 Å². The van der Waals surface area contributed by atoms with Gasteiger partial charge in [-0.3, -0.25) is 0 Å². The van der Waals surface area contributed by atoms with Crippen LogP contribution in [0.5, 0.6) is 11.5 Å². The maximum atomic E-state index is 10.2. The Labute approximate surface area is 124 Å². The molecule has 0 radical (unpaired) electrons. The highest BCUT2D eigenvalue weighted by Gasteiger charge is 2.39. The molecule has 20 heavy (non-hydrogen) atoms. The van der Waals surface area contributed by atoms with E-state index in [0.29, 0.717) is 12.2 Å². The number of hydrogen-bond donors (Lipinski definition) is 1. The molecule has 1 N–H and O–H groups in total. The van der Waals surface area contributed by atoms with Gasteiger partial charge in [-0.2, -0.15) is 0 Å². The minimum absolute atomic E-state index is 0.157. The van der Waals surface area contributed by atoms with E-state index in [1.54, 1.807) is 6.08 Å². The molecule has 0 heterocycles. The van der Waals surface area contributed by atoms with E-state index < -0.39 is 8.32 Å². The zero-order valence-electron chi connectivity index (χ0n) is 13.9. The lowest BCUT2D eigenvalue weighted by molar-refractivity contribution is 0.457. The van der Waals surface area contributed by atoms with E-state index in [-0.39, 0.29) is 5.04 Å². The molecule has 112 valence electrons. The quantitative estimate of drug-likeness (QED) is 0.616. The van der Waals surface area contributed by atoms with Crippen molar-refractivity contribution < 1.29 is 9.53 Å². The second-order valence-electron chi connectivity index (χ2n) is 6.99. The number of phenols is 1. The Morgan fingerprint density at radius 2 is 1.80 bits per heavy atom. The fraction of sp³-hybridized carbons (Fsp3) is 0.529. The van der Waals surface area contributed by atoms with Crippen molar-refractivity contribution in [1.29, 1.82) is 0 Å². The van der Waals surface area contributed by atoms with Crippen molar-refractivity contribution in [3.05, 3.63) is 35.4 Å². The molecule has 0 aliphatic heterocycles. The van der Waals surface area contributed by atoms with Crippen LogP contribution in [0.15, 0.2) is 18.7 Å². The van der Waals surface area contributed by atoms with Crippen LogP contribution in [0.1, 0.15) is 37.5 Å². The summed E-state index contributed by atoms with van der Waals surface area (Å²) in [6, 6.07) is 1.97. The highest BCUT2D eigenvalue weighted by atomic mass is 28.4. The summed E-state index contributed by atoms with van der Waals surface area (Å²) in [6.07, 6.45) is 2.46. The van der Waals surface area contributed by atoms with Crippen LogP contribution in [0.4, 0.5) is 0 Å². The highest BCUT2D eigenvalue weighted by molar-refractivity contribution is 6.74. The number of hydrogen-bond acceptors (Lipinski definition) is 2. The first kappa shape index (κ1) is 16.8. The van der Waals surface area contributed by atoms with Crippen LogP contribution < -0.4 is 4.43 Å². The summed E-state index contributed by atoms with van der Waals surface area (Å²) < 4.78 is 6.41. The summed E-state index contributed by atoms with van der Waals surface area (Å²) in [5.74, 6) is 1.27. The molecule has 0 fully saturated rings. The molecule has 2 nitrogen and oxygen atoms in total. The zero-order chi connectivity index (χ0) is 15.7. The fourth-order valence-electron chi connectivity index (χ4n) is 1.78. The van der Waals surface area contributed by atoms with Crippen molar-refractivity contribution in [1.82, 2.24) is 0 Å². The summed E-state index contributed by atoms with van der Waals surface area (Å²) in [4.78, 5) is 0. The van der Waals surface area contributed by atoms with E-state index in [9.17, 15) is 5.11 Å². The second-order valence-corrected chi connectivity index (χ2v) is 11.7. The Balaban J connectivity index is 3.29. The number of aromatic hydroxyl groups is 1. The molecule has 0 atom stereocenters. The molecule has 0 amide bonds. The molecule has 0 aliphatic rings. The van der Waals surface area contributed by atoms with Crippen molar-refractivity contribution in [2.24, 2.45) is 0 Å². The van der Waals surface area contributed by atoms with Gasteiger partial charge in [0.25, 0.3) is 0 Å². The van der Waals surface area contributed by atoms with Gasteiger partial charge in [0.05, 0.1) is 0 Å². The number of benzene rings is 1. The van der Waals surface area contributed by atoms with Gasteiger partial charge in [-0.15, -0.1) is 6.58 Å². The molecule has 1 aromatic carbocycles. The normalized spacial score (nSPS) is 12.3. The van der Waals surface area contributed by atoms with Crippen LogP contribution in [-0.2, 0) is 6.42 Å². The van der Waals surface area contributed by atoms with Crippen molar-refractivity contribution in [2.75, 3.05) is 0 Å². The van der Waals surface area contributed by atoms with E-state index in [0.717, 1.165) is 22.4 Å². The van der Waals surface area contributed by atoms with E-state index in [1.165, 1.54) is 0 Å². The van der Waals surface area contributed by atoms with Crippen LogP contribution in [-0.4, -0.2) is 13.4 Å². The van der Waals surface area contributed by atoms with Crippen molar-refractivity contribution >= 4 is 8.32 Å². The van der Waals surface area contributed by atoms with E-state index in [1.807, 2.05) is 19.9 Å². The predicted octanol–water partition coefficient (Wildman–Crippen LogP) is 5.12. The summed E-state index contributed by atoms with van der Waals surface area (Å²) in [5.41, 5.74) is 2.81. The molecule has 0 aromatic heterocycles. The average Bonchev–Trinajstić information content (AvgIpc) is 2.31. The van der Waals surface area contributed by atoms with Gasteiger partial charge in [-0.25, -0.2) is 0 Å². The zero-order valence-corrected chi connectivity index (χ0v) is 14.9. The molecule has 0 bridgehead atoms. The molecule has 0 unspecified atom stereocenters. The minimum atomic E-state index is -1.87. The largest absolute Gasteiger partial charge is 0.543 e. The van der Waals surface area contributed by atoms with Gasteiger partial charge in [0.1, 0.15) is 11.5 Å². The molecule has 0 saturated carbocycles. The molecule has 1 aromatic rings. The van der Waals surface area contributed by atoms with Crippen LogP contribution in [0.3, 0.4) is 0 Å². The van der Waals surface area contributed by atoms with Crippen molar-refractivity contribution in [2.45, 2.75) is 59.2 Å². The molecule has 3 heteroatoms. The third-order valence-electron chi connectivity index (χ3n) is 4.43. The van der Waals surface area contributed by atoms with Gasteiger partial charge >= 0.3 is 0 Å². The predicted molar refractivity (Wildman–Crippen MR) is 89.3 cm³/mol. The monoisotopic (exact) mass is 292 g/mol. The van der Waals surface area contributed by atoms with E-state index >= 15 is 0 Å². The Bertz CT molecular complexity index is 511. The Hall–Kier alpha value is -1.22. The maximum Gasteiger partial charge on any atom is 0.250 e. The van der Waals surface area contributed by atoms with Crippen LogP contribution >= 0.6 is 0 Å². The molecule has 0 spiro atoms. The Morgan fingerprint density at radius 3 is 2.25 bits per heavy atom. The minimum Gasteiger partial charge on any atom is -0.543 e. The third kappa shape index (κ3) is 3.26. The van der Waals surface area contributed by atoms with Gasteiger partial charge < -0.3 is 9.53 Å². The number of allylic oxidation sites excluding steroid dienone is 1. The Morgan fingerprint density at radius 1 is 1.25 bits per heavy atom. The van der Waals surface area contributed by atoms with Crippen molar-refractivity contribution in [3.8, 4) is 11.5 Å². The third-order valence-corrected chi connectivity index (χ3v) is 8.77. The lowest BCUT2D eigenvalue weighted by atomic mass is 10.0. The highest BCUT2D eigenvalue weighted by Crippen LogP contribution is 2.40. The molecule has 0 saturated heterocycles. The molecule has 1 rings (SSSR count). The SMILES string of the molecule is C=CCc1cc(O[Si](C)(C)C(C)(C)C)c(C)c(C)c1O. The first-order chi connectivity index (χ1) is 9.01. The van der Waals surface area contributed by atoms with Crippen LogP contribution in [0, 0.1) is 13.8 Å². The number of rotatable bonds is 4. The van der Waals surface area contributed by atoms with E-state index in [2.05, 4.69) is 40.4 Å². The summed E-state index contributed by atoms with van der Waals surface area (Å²) in [5, 5.41) is 10.4. The van der Waals surface area contributed by atoms with Crippen LogP contribution in [0.2, 0.25) is 18.1 Å². The molecular formula is C17H28O2Si. The summed E-state index contributed by atoms with van der Waals surface area (Å²) >= 11 is 0.